The van der Waals surface area contributed by atoms with Crippen LogP contribution in [0, 0.1) is 41.7 Å². The molecular weight excluding hydrogens is 272 g/mol. The van der Waals surface area contributed by atoms with E-state index in [-0.39, 0.29) is 54.2 Å². The van der Waals surface area contributed by atoms with Gasteiger partial charge in [-0.05, 0) is 5.56 Å². The van der Waals surface area contributed by atoms with Crippen molar-refractivity contribution in [1.82, 2.24) is 0 Å². The van der Waals surface area contributed by atoms with Gasteiger partial charge in [-0.25, -0.2) is 0 Å². The zero-order chi connectivity index (χ0) is 5.82. The van der Waals surface area contributed by atoms with Crippen LogP contribution >= 0.6 is 12.4 Å². The Bertz CT molecular complexity index is 172. The fourth-order valence-corrected chi connectivity index (χ4v) is 0.589. The van der Waals surface area contributed by atoms with Gasteiger partial charge < -0.3 is 0 Å². The summed E-state index contributed by atoms with van der Waals surface area (Å²) in [7, 11) is 0. The molecule has 0 fully saturated rings. The summed E-state index contributed by atoms with van der Waals surface area (Å²) >= 11 is 0. The maximum atomic E-state index is 3.63. The zero-order valence-electron chi connectivity index (χ0n) is 5.58. The minimum absolute atomic E-state index is 0. The molecule has 0 aliphatic carbocycles. The molecule has 0 aromatic heterocycles. The average Bonchev–Trinajstić information content (AvgIpc) is 1.90. The first-order valence-electron chi connectivity index (χ1n) is 2.61. The fourth-order valence-electron chi connectivity index (χ4n) is 0.589. The summed E-state index contributed by atoms with van der Waals surface area (Å²) < 4.78 is 0. The molecule has 0 radical (unpaired) electrons. The van der Waals surface area contributed by atoms with Gasteiger partial charge in [-0.3, -0.25) is 0 Å². The Balaban J connectivity index is 0. The first kappa shape index (κ1) is 13.2. The maximum absolute atomic E-state index is 3.63. The smallest absolute Gasteiger partial charge is 0 e. The Morgan fingerprint density at radius 2 is 1.60 bits per heavy atom. The Labute approximate surface area is 102 Å². The van der Waals surface area contributed by atoms with Crippen LogP contribution in [-0.4, -0.2) is 0 Å². The van der Waals surface area contributed by atoms with Crippen molar-refractivity contribution in [3.63, 3.8) is 0 Å². The van der Waals surface area contributed by atoms with Gasteiger partial charge in [0, 0.05) is 41.7 Å². The second kappa shape index (κ2) is 7.73. The van der Waals surface area contributed by atoms with E-state index in [0.29, 0.717) is 0 Å². The van der Waals surface area contributed by atoms with E-state index in [1.165, 1.54) is 5.56 Å². The molecule has 0 unspecified atom stereocenters. The molecule has 10 heavy (non-hydrogen) atoms. The van der Waals surface area contributed by atoms with Crippen molar-refractivity contribution >= 4 is 18.5 Å². The molecule has 52 valence electrons. The van der Waals surface area contributed by atoms with Crippen LogP contribution in [-0.2, 0) is 0 Å². The van der Waals surface area contributed by atoms with Crippen LogP contribution in [0.25, 0.3) is 6.08 Å². The maximum Gasteiger partial charge on any atom is 0 e. The molecule has 1 rings (SSSR count). The van der Waals surface area contributed by atoms with Crippen molar-refractivity contribution < 1.29 is 41.7 Å². The van der Waals surface area contributed by atoms with Crippen LogP contribution in [0.15, 0.2) is 36.9 Å². The van der Waals surface area contributed by atoms with E-state index in [1.54, 1.807) is 0 Å². The molecule has 0 aliphatic heterocycles. The van der Waals surface area contributed by atoms with Gasteiger partial charge in [0.15, 0.2) is 0 Å². The predicted octanol–water partition coefficient (Wildman–Crippen LogP) is 2.75. The average molecular weight is 281 g/mol. The number of benzene rings is 1. The van der Waals surface area contributed by atoms with E-state index in [4.69, 9.17) is 0 Å². The van der Waals surface area contributed by atoms with E-state index in [0.717, 1.165) is 0 Å². The summed E-state index contributed by atoms with van der Waals surface area (Å²) in [5, 5.41) is 0. The van der Waals surface area contributed by atoms with Crippen molar-refractivity contribution in [2.75, 3.05) is 0 Å². The van der Waals surface area contributed by atoms with Crippen LogP contribution in [0.4, 0.5) is 0 Å². The second-order valence-corrected chi connectivity index (χ2v) is 1.61. The van der Waals surface area contributed by atoms with Crippen molar-refractivity contribution in [2.45, 2.75) is 0 Å². The fraction of sp³-hybridized carbons (Fsp3) is 0. The number of halogens is 1. The molecule has 0 atom stereocenters. The third-order valence-electron chi connectivity index (χ3n) is 1.04. The molecule has 0 amide bonds. The molecule has 0 saturated carbocycles. The van der Waals surface area contributed by atoms with Crippen molar-refractivity contribution in [3.8, 4) is 0 Å². The number of rotatable bonds is 1. The van der Waals surface area contributed by atoms with Crippen LogP contribution in [0.2, 0.25) is 0 Å². The van der Waals surface area contributed by atoms with Crippen molar-refractivity contribution in [2.24, 2.45) is 0 Å². The molecule has 1 aromatic carbocycles. The van der Waals surface area contributed by atoms with E-state index >= 15 is 0 Å². The normalized spacial score (nSPS) is 6.80. The minimum atomic E-state index is 0. The molecule has 0 bridgehead atoms. The van der Waals surface area contributed by atoms with E-state index in [9.17, 15) is 0 Å². The molecule has 0 saturated heterocycles. The second-order valence-electron chi connectivity index (χ2n) is 1.61. The van der Waals surface area contributed by atoms with Crippen molar-refractivity contribution in [3.05, 3.63) is 42.5 Å². The van der Waals surface area contributed by atoms with Crippen molar-refractivity contribution in [1.29, 1.82) is 0 Å². The molecule has 1 aromatic rings. The Morgan fingerprint density at radius 1 is 1.10 bits per heavy atom. The van der Waals surface area contributed by atoms with Gasteiger partial charge in [0.2, 0.25) is 0 Å². The summed E-state index contributed by atoms with van der Waals surface area (Å²) in [6.45, 7) is 3.63. The summed E-state index contributed by atoms with van der Waals surface area (Å²) in [5.41, 5.74) is 1.17. The Kier molecular flexibility index (Phi) is 10.2. The monoisotopic (exact) mass is 280 g/mol. The molecule has 0 nitrogen and oxygen atoms in total. The summed E-state index contributed by atoms with van der Waals surface area (Å²) in [5.74, 6) is 0. The molecule has 2 heteroatoms. The summed E-state index contributed by atoms with van der Waals surface area (Å²) in [6, 6.07) is 10.0. The van der Waals surface area contributed by atoms with Gasteiger partial charge >= 0.3 is 0 Å². The van der Waals surface area contributed by atoms with Gasteiger partial charge in [0.25, 0.3) is 0 Å². The molecule has 0 N–H and O–H groups in total. The predicted molar refractivity (Wildman–Crippen MR) is 43.8 cm³/mol. The van der Waals surface area contributed by atoms with Gasteiger partial charge in [-0.2, -0.15) is 0 Å². The third-order valence-corrected chi connectivity index (χ3v) is 1.04. The van der Waals surface area contributed by atoms with Crippen LogP contribution in [0.5, 0.6) is 0 Å². The van der Waals surface area contributed by atoms with Gasteiger partial charge in [0.05, 0.1) is 0 Å². The minimum Gasteiger partial charge on any atom is -0.147 e. The van der Waals surface area contributed by atoms with Crippen LogP contribution in [0.1, 0.15) is 5.56 Å². The third kappa shape index (κ3) is 4.44. The molecule has 0 heterocycles. The van der Waals surface area contributed by atoms with E-state index in [2.05, 4.69) is 6.58 Å². The SMILES string of the molecule is C=Cc1ccccc1.Cl.[Ce]. The topological polar surface area (TPSA) is 0 Å². The zero-order valence-corrected chi connectivity index (χ0v) is 9.54. The van der Waals surface area contributed by atoms with E-state index < -0.39 is 0 Å². The molecule has 0 spiro atoms. The summed E-state index contributed by atoms with van der Waals surface area (Å²) in [6.07, 6.45) is 1.83. The van der Waals surface area contributed by atoms with E-state index in [1.807, 2.05) is 36.4 Å². The largest absolute Gasteiger partial charge is 0.147 e. The van der Waals surface area contributed by atoms with Crippen LogP contribution in [0.3, 0.4) is 0 Å². The van der Waals surface area contributed by atoms with Gasteiger partial charge in [-0.1, -0.05) is 43.0 Å². The molecular formula is C8H9CeCl. The van der Waals surface area contributed by atoms with Gasteiger partial charge in [0.1, 0.15) is 0 Å². The first-order valence-corrected chi connectivity index (χ1v) is 2.61. The standard InChI is InChI=1S/C8H8.Ce.ClH/c1-2-8-6-4-3-5-7-8;;/h2-7H,1H2;;1H. The number of hydrogen-bond donors (Lipinski definition) is 0. The Morgan fingerprint density at radius 3 is 1.90 bits per heavy atom. The van der Waals surface area contributed by atoms with Crippen LogP contribution < -0.4 is 0 Å². The van der Waals surface area contributed by atoms with Gasteiger partial charge in [-0.15, -0.1) is 12.4 Å². The summed E-state index contributed by atoms with van der Waals surface area (Å²) in [4.78, 5) is 0. The number of hydrogen-bond acceptors (Lipinski definition) is 0. The Hall–Kier alpha value is 0.627. The first-order chi connectivity index (χ1) is 3.93. The quantitative estimate of drug-likeness (QED) is 0.742. The molecule has 0 aliphatic rings.